The van der Waals surface area contributed by atoms with Gasteiger partial charge in [0.1, 0.15) is 23.4 Å². The summed E-state index contributed by atoms with van der Waals surface area (Å²) in [6.45, 7) is 3.34. The highest BCUT2D eigenvalue weighted by Gasteiger charge is 2.22. The number of nitriles is 1. The summed E-state index contributed by atoms with van der Waals surface area (Å²) in [7, 11) is 0. The molecule has 24 heavy (non-hydrogen) atoms. The van der Waals surface area contributed by atoms with E-state index in [0.29, 0.717) is 22.1 Å². The Morgan fingerprint density at radius 1 is 1.42 bits per heavy atom. The number of hydrogen-bond donors (Lipinski definition) is 1. The molecule has 0 saturated carbocycles. The summed E-state index contributed by atoms with van der Waals surface area (Å²) in [6, 6.07) is 3.63. The quantitative estimate of drug-likeness (QED) is 0.927. The zero-order chi connectivity index (χ0) is 17.3. The van der Waals surface area contributed by atoms with Crippen LogP contribution in [0.5, 0.6) is 0 Å². The number of amides is 1. The molecule has 1 amide bonds. The van der Waals surface area contributed by atoms with Crippen molar-refractivity contribution in [3.8, 4) is 6.07 Å². The molecule has 0 fully saturated rings. The van der Waals surface area contributed by atoms with Gasteiger partial charge in [-0.3, -0.25) is 14.2 Å². The van der Waals surface area contributed by atoms with Crippen molar-refractivity contribution in [2.24, 2.45) is 0 Å². The van der Waals surface area contributed by atoms with Gasteiger partial charge in [-0.2, -0.15) is 5.26 Å². The Kier molecular flexibility index (Phi) is 4.49. The molecule has 2 aromatic heterocycles. The minimum Gasteiger partial charge on any atom is -0.315 e. The number of carbonyl (C=O) groups is 1. The fraction of sp³-hybridized carbons (Fsp3) is 0.412. The lowest BCUT2D eigenvalue weighted by Crippen LogP contribution is -2.29. The molecule has 0 spiro atoms. The van der Waals surface area contributed by atoms with Gasteiger partial charge in [0.15, 0.2) is 0 Å². The Morgan fingerprint density at radius 2 is 2.17 bits per heavy atom. The van der Waals surface area contributed by atoms with Gasteiger partial charge in [0.05, 0.1) is 5.56 Å². The molecule has 2 heterocycles. The summed E-state index contributed by atoms with van der Waals surface area (Å²) in [6.07, 6.45) is 4.06. The van der Waals surface area contributed by atoms with Crippen LogP contribution in [0.1, 0.15) is 40.4 Å². The number of rotatable bonds is 3. The van der Waals surface area contributed by atoms with E-state index in [1.54, 1.807) is 13.8 Å². The number of nitrogens with one attached hydrogen (secondary N) is 1. The van der Waals surface area contributed by atoms with E-state index in [4.69, 9.17) is 0 Å². The lowest BCUT2D eigenvalue weighted by Gasteiger charge is -2.10. The van der Waals surface area contributed by atoms with Gasteiger partial charge in [-0.1, -0.05) is 0 Å². The molecule has 7 heteroatoms. The standard InChI is InChI=1S/C17H18N4O2S/c1-10-7-16(23)21(11(2)19-10)9-15(22)20-17-13(8-18)12-5-3-4-6-14(12)24-17/h7H,3-6,9H2,1-2H3,(H,20,22). The predicted octanol–water partition coefficient (Wildman–Crippen LogP) is 2.31. The molecule has 0 bridgehead atoms. The number of fused-ring (bicyclic) bond motifs is 1. The van der Waals surface area contributed by atoms with Crippen LogP contribution in [0.3, 0.4) is 0 Å². The average molecular weight is 342 g/mol. The number of anilines is 1. The fourth-order valence-electron chi connectivity index (χ4n) is 3.04. The number of aryl methyl sites for hydroxylation is 3. The summed E-state index contributed by atoms with van der Waals surface area (Å²) in [5.41, 5.74) is 2.04. The van der Waals surface area contributed by atoms with Crippen molar-refractivity contribution in [2.45, 2.75) is 46.1 Å². The first kappa shape index (κ1) is 16.4. The van der Waals surface area contributed by atoms with Crippen LogP contribution in [-0.4, -0.2) is 15.5 Å². The predicted molar refractivity (Wildman–Crippen MR) is 92.3 cm³/mol. The smallest absolute Gasteiger partial charge is 0.254 e. The van der Waals surface area contributed by atoms with Gasteiger partial charge in [0.25, 0.3) is 5.56 Å². The van der Waals surface area contributed by atoms with Crippen molar-refractivity contribution in [1.82, 2.24) is 9.55 Å². The summed E-state index contributed by atoms with van der Waals surface area (Å²) in [4.78, 5) is 29.8. The molecule has 124 valence electrons. The number of hydrogen-bond acceptors (Lipinski definition) is 5. The van der Waals surface area contributed by atoms with Crippen LogP contribution in [0.25, 0.3) is 0 Å². The highest BCUT2D eigenvalue weighted by molar-refractivity contribution is 7.16. The molecule has 0 atom stereocenters. The molecule has 0 aliphatic heterocycles. The molecule has 0 unspecified atom stereocenters. The molecule has 3 rings (SSSR count). The normalized spacial score (nSPS) is 13.2. The number of thiophene rings is 1. The molecule has 1 aliphatic carbocycles. The summed E-state index contributed by atoms with van der Waals surface area (Å²) >= 11 is 1.48. The molecule has 0 saturated heterocycles. The highest BCUT2D eigenvalue weighted by Crippen LogP contribution is 2.37. The van der Waals surface area contributed by atoms with Crippen LogP contribution >= 0.6 is 11.3 Å². The van der Waals surface area contributed by atoms with E-state index >= 15 is 0 Å². The van der Waals surface area contributed by atoms with E-state index in [2.05, 4.69) is 16.4 Å². The fourth-order valence-corrected chi connectivity index (χ4v) is 4.29. The molecule has 2 aromatic rings. The maximum Gasteiger partial charge on any atom is 0.254 e. The van der Waals surface area contributed by atoms with Crippen LogP contribution in [0.2, 0.25) is 0 Å². The molecule has 6 nitrogen and oxygen atoms in total. The first-order valence-corrected chi connectivity index (χ1v) is 8.71. The maximum atomic E-state index is 12.4. The summed E-state index contributed by atoms with van der Waals surface area (Å²) < 4.78 is 1.34. The van der Waals surface area contributed by atoms with Crippen LogP contribution in [0, 0.1) is 25.2 Å². The van der Waals surface area contributed by atoms with E-state index in [1.807, 2.05) is 0 Å². The van der Waals surface area contributed by atoms with E-state index in [0.717, 1.165) is 31.2 Å². The molecule has 1 N–H and O–H groups in total. The van der Waals surface area contributed by atoms with Crippen molar-refractivity contribution in [3.63, 3.8) is 0 Å². The van der Waals surface area contributed by atoms with Gasteiger partial charge in [-0.25, -0.2) is 4.98 Å². The van der Waals surface area contributed by atoms with Gasteiger partial charge in [-0.15, -0.1) is 11.3 Å². The SMILES string of the molecule is Cc1cc(=O)n(CC(=O)Nc2sc3c(c2C#N)CCCC3)c(C)n1. The third-order valence-corrected chi connectivity index (χ3v) is 5.37. The third-order valence-electron chi connectivity index (χ3n) is 4.16. The largest absolute Gasteiger partial charge is 0.315 e. The van der Waals surface area contributed by atoms with E-state index in [9.17, 15) is 14.9 Å². The Morgan fingerprint density at radius 3 is 2.88 bits per heavy atom. The van der Waals surface area contributed by atoms with Gasteiger partial charge < -0.3 is 5.32 Å². The second kappa shape index (κ2) is 6.57. The third kappa shape index (κ3) is 3.10. The van der Waals surface area contributed by atoms with Crippen LogP contribution < -0.4 is 10.9 Å². The average Bonchev–Trinajstić information content (AvgIpc) is 2.87. The lowest BCUT2D eigenvalue weighted by molar-refractivity contribution is -0.116. The minimum absolute atomic E-state index is 0.106. The van der Waals surface area contributed by atoms with Crippen LogP contribution in [0.15, 0.2) is 10.9 Å². The van der Waals surface area contributed by atoms with Crippen molar-refractivity contribution in [2.75, 3.05) is 5.32 Å². The zero-order valence-corrected chi connectivity index (χ0v) is 14.5. The number of carbonyl (C=O) groups excluding carboxylic acids is 1. The number of aromatic nitrogens is 2. The first-order valence-electron chi connectivity index (χ1n) is 7.89. The zero-order valence-electron chi connectivity index (χ0n) is 13.7. The van der Waals surface area contributed by atoms with Crippen molar-refractivity contribution in [1.29, 1.82) is 5.26 Å². The first-order chi connectivity index (χ1) is 11.5. The topological polar surface area (TPSA) is 87.8 Å². The van der Waals surface area contributed by atoms with Crippen molar-refractivity contribution < 1.29 is 4.79 Å². The molecular formula is C17H18N4O2S. The Labute approximate surface area is 143 Å². The van der Waals surface area contributed by atoms with Crippen molar-refractivity contribution >= 4 is 22.2 Å². The van der Waals surface area contributed by atoms with Gasteiger partial charge in [-0.05, 0) is 45.1 Å². The van der Waals surface area contributed by atoms with Crippen LogP contribution in [-0.2, 0) is 24.2 Å². The van der Waals surface area contributed by atoms with Gasteiger partial charge in [0.2, 0.25) is 5.91 Å². The van der Waals surface area contributed by atoms with Crippen LogP contribution in [0.4, 0.5) is 5.00 Å². The molecular weight excluding hydrogens is 324 g/mol. The van der Waals surface area contributed by atoms with Gasteiger partial charge >= 0.3 is 0 Å². The van der Waals surface area contributed by atoms with E-state index in [1.165, 1.54) is 26.8 Å². The summed E-state index contributed by atoms with van der Waals surface area (Å²) in [5.74, 6) is 0.182. The minimum atomic E-state index is -0.319. The Bertz CT molecular complexity index is 905. The Hall–Kier alpha value is -2.46. The molecule has 1 aliphatic rings. The second-order valence-electron chi connectivity index (χ2n) is 5.94. The summed E-state index contributed by atoms with van der Waals surface area (Å²) in [5, 5.41) is 12.8. The highest BCUT2D eigenvalue weighted by atomic mass is 32.1. The van der Waals surface area contributed by atoms with Crippen molar-refractivity contribution in [3.05, 3.63) is 43.9 Å². The molecule has 0 aromatic carbocycles. The van der Waals surface area contributed by atoms with Gasteiger partial charge in [0, 0.05) is 16.6 Å². The monoisotopic (exact) mass is 342 g/mol. The second-order valence-corrected chi connectivity index (χ2v) is 7.05. The molecule has 0 radical (unpaired) electrons. The lowest BCUT2D eigenvalue weighted by atomic mass is 9.96. The van der Waals surface area contributed by atoms with E-state index < -0.39 is 0 Å². The number of nitrogens with zero attached hydrogens (tertiary/aromatic N) is 3. The van der Waals surface area contributed by atoms with E-state index in [-0.39, 0.29) is 18.0 Å². The maximum absolute atomic E-state index is 12.4. The Balaban J connectivity index is 1.83.